The van der Waals surface area contributed by atoms with Gasteiger partial charge in [-0.1, -0.05) is 36.4 Å². The predicted molar refractivity (Wildman–Crippen MR) is 131 cm³/mol. The maximum absolute atomic E-state index is 5.82. The van der Waals surface area contributed by atoms with Gasteiger partial charge in [-0.3, -0.25) is 4.98 Å². The van der Waals surface area contributed by atoms with Crippen LogP contribution in [0.4, 0.5) is 5.69 Å². The summed E-state index contributed by atoms with van der Waals surface area (Å²) in [6.45, 7) is 3.58. The van der Waals surface area contributed by atoms with Crippen LogP contribution in [0.15, 0.2) is 73.1 Å². The van der Waals surface area contributed by atoms with Crippen LogP contribution in [0.25, 0.3) is 10.9 Å². The number of ether oxygens (including phenoxy) is 1. The number of methoxy groups -OCH3 is 1. The average molecular weight is 431 g/mol. The second kappa shape index (κ2) is 9.62. The Morgan fingerprint density at radius 3 is 2.71 bits per heavy atom. The van der Waals surface area contributed by atoms with E-state index in [1.54, 1.807) is 13.3 Å². The Labute approximate surface area is 188 Å². The third-order valence-corrected chi connectivity index (χ3v) is 5.75. The molecule has 4 rings (SSSR count). The molecule has 0 unspecified atom stereocenters. The second-order valence-electron chi connectivity index (χ2n) is 7.44. The summed E-state index contributed by atoms with van der Waals surface area (Å²) in [5.74, 6) is 0.763. The van der Waals surface area contributed by atoms with Gasteiger partial charge < -0.3 is 19.9 Å². The smallest absolute Gasteiger partial charge is 0.173 e. The van der Waals surface area contributed by atoms with E-state index in [4.69, 9.17) is 17.0 Å². The molecule has 0 aliphatic heterocycles. The summed E-state index contributed by atoms with van der Waals surface area (Å²) in [5.41, 5.74) is 5.67. The zero-order valence-electron chi connectivity index (χ0n) is 17.8. The van der Waals surface area contributed by atoms with Crippen LogP contribution in [-0.2, 0) is 13.0 Å². The number of fused-ring (bicyclic) bond motifs is 1. The number of aromatic amines is 1. The first kappa shape index (κ1) is 20.9. The molecule has 0 spiro atoms. The van der Waals surface area contributed by atoms with E-state index in [9.17, 15) is 0 Å². The number of aromatic nitrogens is 2. The van der Waals surface area contributed by atoms with Gasteiger partial charge in [-0.2, -0.15) is 0 Å². The van der Waals surface area contributed by atoms with E-state index in [1.807, 2.05) is 36.5 Å². The fourth-order valence-corrected chi connectivity index (χ4v) is 4.08. The first-order valence-corrected chi connectivity index (χ1v) is 10.7. The number of hydrogen-bond donors (Lipinski definition) is 2. The van der Waals surface area contributed by atoms with Gasteiger partial charge in [-0.15, -0.1) is 0 Å². The molecule has 0 fully saturated rings. The first-order chi connectivity index (χ1) is 15.2. The Kier molecular flexibility index (Phi) is 6.48. The predicted octanol–water partition coefficient (Wildman–Crippen LogP) is 5.32. The number of nitrogens with one attached hydrogen (secondary N) is 2. The van der Waals surface area contributed by atoms with Crippen LogP contribution in [0.5, 0.6) is 5.75 Å². The number of pyridine rings is 1. The second-order valence-corrected chi connectivity index (χ2v) is 7.82. The van der Waals surface area contributed by atoms with Crippen molar-refractivity contribution in [1.29, 1.82) is 0 Å². The molecular weight excluding hydrogens is 404 g/mol. The van der Waals surface area contributed by atoms with Crippen molar-refractivity contribution in [2.75, 3.05) is 19.0 Å². The highest BCUT2D eigenvalue weighted by Gasteiger charge is 2.15. The number of anilines is 1. The minimum absolute atomic E-state index is 0.658. The molecule has 0 atom stereocenters. The monoisotopic (exact) mass is 430 g/mol. The molecule has 2 aromatic heterocycles. The summed E-state index contributed by atoms with van der Waals surface area (Å²) in [5, 5.41) is 5.29. The van der Waals surface area contributed by atoms with Crippen molar-refractivity contribution >= 4 is 33.9 Å². The normalized spacial score (nSPS) is 10.8. The van der Waals surface area contributed by atoms with Crippen LogP contribution in [-0.4, -0.2) is 33.6 Å². The number of thiocarbonyl (C=S) groups is 1. The van der Waals surface area contributed by atoms with Gasteiger partial charge in [-0.25, -0.2) is 0 Å². The highest BCUT2D eigenvalue weighted by Crippen LogP contribution is 2.25. The molecule has 2 heterocycles. The van der Waals surface area contributed by atoms with Gasteiger partial charge in [0.15, 0.2) is 5.11 Å². The highest BCUT2D eigenvalue weighted by molar-refractivity contribution is 7.80. The van der Waals surface area contributed by atoms with E-state index in [-0.39, 0.29) is 0 Å². The van der Waals surface area contributed by atoms with Crippen LogP contribution in [0.1, 0.15) is 16.8 Å². The summed E-state index contributed by atoms with van der Waals surface area (Å²) >= 11 is 5.82. The van der Waals surface area contributed by atoms with Crippen molar-refractivity contribution in [3.8, 4) is 5.75 Å². The van der Waals surface area contributed by atoms with E-state index in [2.05, 4.69) is 57.4 Å². The number of hydrogen-bond acceptors (Lipinski definition) is 3. The number of aryl methyl sites for hydroxylation is 1. The minimum Gasteiger partial charge on any atom is -0.495 e. The van der Waals surface area contributed by atoms with Gasteiger partial charge in [-0.05, 0) is 61.0 Å². The third-order valence-electron chi connectivity index (χ3n) is 5.39. The maximum Gasteiger partial charge on any atom is 0.173 e. The summed E-state index contributed by atoms with van der Waals surface area (Å²) in [4.78, 5) is 9.93. The van der Waals surface area contributed by atoms with Crippen molar-refractivity contribution in [3.05, 3.63) is 89.9 Å². The fourth-order valence-electron chi connectivity index (χ4n) is 3.81. The lowest BCUT2D eigenvalue weighted by molar-refractivity contribution is 0.413. The maximum atomic E-state index is 5.82. The summed E-state index contributed by atoms with van der Waals surface area (Å²) in [7, 11) is 1.66. The van der Waals surface area contributed by atoms with Gasteiger partial charge in [0.2, 0.25) is 0 Å². The molecule has 0 amide bonds. The topological polar surface area (TPSA) is 53.2 Å². The number of rotatable bonds is 7. The van der Waals surface area contributed by atoms with Gasteiger partial charge in [0, 0.05) is 42.1 Å². The fraction of sp³-hybridized carbons (Fsp3) is 0.200. The SMILES string of the molecule is COc1ccccc1NC(=S)N(CCc1c(C)[nH]c2ccccc12)Cc1cccnc1. The molecule has 2 aromatic carbocycles. The van der Waals surface area contributed by atoms with E-state index in [1.165, 1.54) is 22.2 Å². The molecule has 0 aliphatic carbocycles. The Morgan fingerprint density at radius 2 is 1.90 bits per heavy atom. The quantitative estimate of drug-likeness (QED) is 0.389. The van der Waals surface area contributed by atoms with E-state index in [0.717, 1.165) is 30.0 Å². The van der Waals surface area contributed by atoms with Crippen molar-refractivity contribution in [2.45, 2.75) is 19.9 Å². The van der Waals surface area contributed by atoms with E-state index < -0.39 is 0 Å². The van der Waals surface area contributed by atoms with Crippen LogP contribution in [0.3, 0.4) is 0 Å². The standard InChI is InChI=1S/C25H26N4OS/c1-18-20(21-9-3-4-10-22(21)27-18)13-15-29(17-19-8-7-14-26-16-19)25(31)28-23-11-5-6-12-24(23)30-2/h3-12,14,16,27H,13,15,17H2,1-2H3,(H,28,31). The van der Waals surface area contributed by atoms with Gasteiger partial charge in [0.25, 0.3) is 0 Å². The highest BCUT2D eigenvalue weighted by atomic mass is 32.1. The van der Waals surface area contributed by atoms with E-state index in [0.29, 0.717) is 11.7 Å². The summed E-state index contributed by atoms with van der Waals surface area (Å²) < 4.78 is 5.47. The Bertz CT molecular complexity index is 1170. The third kappa shape index (κ3) is 4.86. The molecular formula is C25H26N4OS. The molecule has 0 saturated carbocycles. The van der Waals surface area contributed by atoms with Crippen LogP contribution in [0, 0.1) is 6.92 Å². The lowest BCUT2D eigenvalue weighted by atomic mass is 10.1. The molecule has 0 bridgehead atoms. The van der Waals surface area contributed by atoms with E-state index >= 15 is 0 Å². The number of benzene rings is 2. The molecule has 6 heteroatoms. The molecule has 158 valence electrons. The van der Waals surface area contributed by atoms with Gasteiger partial charge in [0.05, 0.1) is 12.8 Å². The Morgan fingerprint density at radius 1 is 1.10 bits per heavy atom. The summed E-state index contributed by atoms with van der Waals surface area (Å²) in [6.07, 6.45) is 4.55. The van der Waals surface area contributed by atoms with Crippen LogP contribution >= 0.6 is 12.2 Å². The molecule has 0 saturated heterocycles. The molecule has 4 aromatic rings. The minimum atomic E-state index is 0.658. The molecule has 0 radical (unpaired) electrons. The van der Waals surface area contributed by atoms with Crippen molar-refractivity contribution < 1.29 is 4.74 Å². The van der Waals surface area contributed by atoms with Gasteiger partial charge in [0.1, 0.15) is 5.75 Å². The largest absolute Gasteiger partial charge is 0.495 e. The Balaban J connectivity index is 1.56. The number of nitrogens with zero attached hydrogens (tertiary/aromatic N) is 2. The first-order valence-electron chi connectivity index (χ1n) is 10.3. The zero-order valence-corrected chi connectivity index (χ0v) is 18.6. The van der Waals surface area contributed by atoms with Crippen molar-refractivity contribution in [3.63, 3.8) is 0 Å². The van der Waals surface area contributed by atoms with Crippen LogP contribution < -0.4 is 10.1 Å². The zero-order chi connectivity index (χ0) is 21.6. The molecule has 2 N–H and O–H groups in total. The molecule has 31 heavy (non-hydrogen) atoms. The number of H-pyrrole nitrogens is 1. The lowest BCUT2D eigenvalue weighted by Crippen LogP contribution is -2.36. The lowest BCUT2D eigenvalue weighted by Gasteiger charge is -2.26. The number of para-hydroxylation sites is 3. The van der Waals surface area contributed by atoms with Gasteiger partial charge >= 0.3 is 0 Å². The Hall–Kier alpha value is -3.38. The molecule has 0 aliphatic rings. The van der Waals surface area contributed by atoms with Crippen molar-refractivity contribution in [2.24, 2.45) is 0 Å². The van der Waals surface area contributed by atoms with Crippen molar-refractivity contribution in [1.82, 2.24) is 14.9 Å². The van der Waals surface area contributed by atoms with Crippen LogP contribution in [0.2, 0.25) is 0 Å². The molecule has 5 nitrogen and oxygen atoms in total. The average Bonchev–Trinajstić information content (AvgIpc) is 3.12. The summed E-state index contributed by atoms with van der Waals surface area (Å²) in [6, 6.07) is 20.3.